The lowest BCUT2D eigenvalue weighted by atomic mass is 10.2. The van der Waals surface area contributed by atoms with Crippen LogP contribution < -0.4 is 10.2 Å². The fourth-order valence-corrected chi connectivity index (χ4v) is 4.21. The number of piperazine rings is 1. The van der Waals surface area contributed by atoms with Gasteiger partial charge in [-0.15, -0.1) is 0 Å². The Labute approximate surface area is 197 Å². The van der Waals surface area contributed by atoms with Crippen molar-refractivity contribution in [1.29, 1.82) is 0 Å². The summed E-state index contributed by atoms with van der Waals surface area (Å²) < 4.78 is 2.01. The number of hydrogen-bond donors (Lipinski definition) is 1. The number of hydrogen-bond acceptors (Lipinski definition) is 5. The van der Waals surface area contributed by atoms with Crippen molar-refractivity contribution in [3.05, 3.63) is 79.3 Å². The van der Waals surface area contributed by atoms with Crippen LogP contribution in [0.25, 0.3) is 16.7 Å². The number of anilines is 2. The first-order chi connectivity index (χ1) is 16.7. The molecule has 1 saturated heterocycles. The summed E-state index contributed by atoms with van der Waals surface area (Å²) in [5.74, 6) is 0.759. The highest BCUT2D eigenvalue weighted by Crippen LogP contribution is 2.22. The van der Waals surface area contributed by atoms with E-state index in [9.17, 15) is 9.59 Å². The second-order valence-corrected chi connectivity index (χ2v) is 8.26. The molecule has 0 radical (unpaired) electrons. The fraction of sp³-hybridized carbons (Fsp3) is 0.231. The van der Waals surface area contributed by atoms with Crippen molar-refractivity contribution in [3.8, 4) is 5.69 Å². The Hall–Kier alpha value is -4.20. The lowest BCUT2D eigenvalue weighted by molar-refractivity contribution is -0.133. The molecule has 0 unspecified atom stereocenters. The molecule has 0 saturated carbocycles. The second-order valence-electron chi connectivity index (χ2n) is 8.26. The van der Waals surface area contributed by atoms with Gasteiger partial charge in [0.25, 0.3) is 0 Å². The van der Waals surface area contributed by atoms with Crippen molar-refractivity contribution >= 4 is 34.4 Å². The normalized spacial score (nSPS) is 13.8. The quantitative estimate of drug-likeness (QED) is 0.482. The molecule has 0 bridgehead atoms. The third-order valence-electron chi connectivity index (χ3n) is 6.04. The van der Waals surface area contributed by atoms with Gasteiger partial charge < -0.3 is 15.1 Å². The second kappa shape index (κ2) is 9.74. The summed E-state index contributed by atoms with van der Waals surface area (Å²) >= 11 is 0. The van der Waals surface area contributed by atoms with Crippen LogP contribution in [0.3, 0.4) is 0 Å². The van der Waals surface area contributed by atoms with E-state index in [0.717, 1.165) is 35.6 Å². The Balaban J connectivity index is 1.12. The Kier molecular flexibility index (Phi) is 6.20. The lowest BCUT2D eigenvalue weighted by Gasteiger charge is -2.35. The molecule has 1 fully saturated rings. The maximum Gasteiger partial charge on any atom is 0.224 e. The van der Waals surface area contributed by atoms with Crippen molar-refractivity contribution < 1.29 is 9.59 Å². The summed E-state index contributed by atoms with van der Waals surface area (Å²) in [6.07, 6.45) is 3.89. The van der Waals surface area contributed by atoms with E-state index in [1.807, 2.05) is 76.2 Å². The molecule has 172 valence electrons. The van der Waals surface area contributed by atoms with E-state index in [0.29, 0.717) is 18.8 Å². The van der Waals surface area contributed by atoms with E-state index in [4.69, 9.17) is 0 Å². The smallest absolute Gasteiger partial charge is 0.224 e. The topological polar surface area (TPSA) is 83.4 Å². The molecule has 8 nitrogen and oxygen atoms in total. The molecular weight excluding hydrogens is 428 g/mol. The fourth-order valence-electron chi connectivity index (χ4n) is 4.21. The molecule has 0 aliphatic carbocycles. The number of carbonyl (C=O) groups is 2. The first kappa shape index (κ1) is 21.6. The number of nitrogens with one attached hydrogen (secondary N) is 1. The third-order valence-corrected chi connectivity index (χ3v) is 6.04. The van der Waals surface area contributed by atoms with Crippen molar-refractivity contribution in [3.63, 3.8) is 0 Å². The first-order valence-corrected chi connectivity index (χ1v) is 11.4. The van der Waals surface area contributed by atoms with Crippen molar-refractivity contribution in [2.45, 2.75) is 12.8 Å². The average molecular weight is 455 g/mol. The Morgan fingerprint density at radius 1 is 0.853 bits per heavy atom. The number of rotatable bonds is 6. The van der Waals surface area contributed by atoms with Gasteiger partial charge in [-0.1, -0.05) is 24.3 Å². The number of benzene rings is 2. The summed E-state index contributed by atoms with van der Waals surface area (Å²) in [6.45, 7) is 2.75. The number of fused-ring (bicyclic) bond motifs is 1. The van der Waals surface area contributed by atoms with E-state index >= 15 is 0 Å². The molecule has 1 aliphatic rings. The molecule has 2 aromatic carbocycles. The highest BCUT2D eigenvalue weighted by atomic mass is 16.2. The minimum atomic E-state index is -0.178. The zero-order valence-electron chi connectivity index (χ0n) is 18.8. The summed E-state index contributed by atoms with van der Waals surface area (Å²) in [5, 5.41) is 2.89. The van der Waals surface area contributed by atoms with Crippen molar-refractivity contribution in [2.75, 3.05) is 36.4 Å². The van der Waals surface area contributed by atoms with Crippen LogP contribution in [0.5, 0.6) is 0 Å². The number of aromatic nitrogens is 3. The predicted molar refractivity (Wildman–Crippen MR) is 132 cm³/mol. The lowest BCUT2D eigenvalue weighted by Crippen LogP contribution is -2.49. The van der Waals surface area contributed by atoms with Crippen LogP contribution in [0.15, 0.2) is 79.3 Å². The highest BCUT2D eigenvalue weighted by molar-refractivity contribution is 5.95. The molecule has 4 aromatic rings. The van der Waals surface area contributed by atoms with Crippen molar-refractivity contribution in [2.24, 2.45) is 0 Å². The van der Waals surface area contributed by atoms with Crippen LogP contribution in [0.1, 0.15) is 12.8 Å². The van der Waals surface area contributed by atoms with Crippen LogP contribution in [-0.2, 0) is 9.59 Å². The number of para-hydroxylation sites is 1. The molecule has 1 N–H and O–H groups in total. The zero-order chi connectivity index (χ0) is 23.3. The van der Waals surface area contributed by atoms with Gasteiger partial charge in [0.15, 0.2) is 0 Å². The number of nitrogens with zero attached hydrogens (tertiary/aromatic N) is 5. The SMILES string of the molecule is O=C(CCC(=O)N1CCN(c2ccccn2)CC1)Nc1ccc2c(c1)ncn2-c1ccccc1. The predicted octanol–water partition coefficient (Wildman–Crippen LogP) is 3.49. The minimum absolute atomic E-state index is 0.00729. The van der Waals surface area contributed by atoms with E-state index in [2.05, 4.69) is 20.2 Å². The maximum atomic E-state index is 12.6. The number of carbonyl (C=O) groups excluding carboxylic acids is 2. The van der Waals surface area contributed by atoms with E-state index in [1.54, 1.807) is 12.5 Å². The summed E-state index contributed by atoms with van der Waals surface area (Å²) in [5.41, 5.74) is 3.46. The van der Waals surface area contributed by atoms with E-state index in [-0.39, 0.29) is 24.7 Å². The monoisotopic (exact) mass is 454 g/mol. The molecule has 5 rings (SSSR count). The highest BCUT2D eigenvalue weighted by Gasteiger charge is 2.22. The Morgan fingerprint density at radius 2 is 1.65 bits per heavy atom. The zero-order valence-corrected chi connectivity index (χ0v) is 18.8. The van der Waals surface area contributed by atoms with Crippen LogP contribution in [-0.4, -0.2) is 57.4 Å². The van der Waals surface area contributed by atoms with Gasteiger partial charge in [-0.2, -0.15) is 0 Å². The van der Waals surface area contributed by atoms with Gasteiger partial charge in [0.05, 0.1) is 11.0 Å². The standard InChI is InChI=1S/C26H26N6O2/c33-25(11-12-26(34)31-16-14-30(15-17-31)24-8-4-5-13-27-24)29-20-9-10-23-22(18-20)28-19-32(23)21-6-2-1-3-7-21/h1-10,13,18-19H,11-12,14-17H2,(H,29,33). The van der Waals surface area contributed by atoms with Gasteiger partial charge >= 0.3 is 0 Å². The number of imidazole rings is 1. The summed E-state index contributed by atoms with van der Waals surface area (Å²) in [6, 6.07) is 21.5. The summed E-state index contributed by atoms with van der Waals surface area (Å²) in [7, 11) is 0. The molecule has 1 aliphatic heterocycles. The van der Waals surface area contributed by atoms with Gasteiger partial charge in [-0.05, 0) is 42.5 Å². The molecule has 2 aromatic heterocycles. The average Bonchev–Trinajstić information content (AvgIpc) is 3.32. The molecule has 8 heteroatoms. The van der Waals surface area contributed by atoms with Crippen LogP contribution in [0, 0.1) is 0 Å². The van der Waals surface area contributed by atoms with Gasteiger partial charge in [0.1, 0.15) is 12.1 Å². The van der Waals surface area contributed by atoms with Gasteiger partial charge in [0.2, 0.25) is 11.8 Å². The van der Waals surface area contributed by atoms with Gasteiger partial charge in [0, 0.05) is 56.6 Å². The van der Waals surface area contributed by atoms with Crippen LogP contribution in [0.4, 0.5) is 11.5 Å². The molecule has 0 atom stereocenters. The van der Waals surface area contributed by atoms with Gasteiger partial charge in [-0.25, -0.2) is 9.97 Å². The largest absolute Gasteiger partial charge is 0.353 e. The molecule has 2 amide bonds. The molecule has 0 spiro atoms. The third kappa shape index (κ3) is 4.76. The molecule has 3 heterocycles. The van der Waals surface area contributed by atoms with Gasteiger partial charge in [-0.3, -0.25) is 14.2 Å². The van der Waals surface area contributed by atoms with Crippen LogP contribution in [0.2, 0.25) is 0 Å². The molecule has 34 heavy (non-hydrogen) atoms. The van der Waals surface area contributed by atoms with E-state index in [1.165, 1.54) is 0 Å². The first-order valence-electron chi connectivity index (χ1n) is 11.4. The number of amides is 2. The van der Waals surface area contributed by atoms with E-state index < -0.39 is 0 Å². The Bertz CT molecular complexity index is 1280. The Morgan fingerprint density at radius 3 is 2.41 bits per heavy atom. The van der Waals surface area contributed by atoms with Crippen molar-refractivity contribution in [1.82, 2.24) is 19.4 Å². The number of pyridine rings is 1. The maximum absolute atomic E-state index is 12.6. The molecular formula is C26H26N6O2. The summed E-state index contributed by atoms with van der Waals surface area (Å²) in [4.78, 5) is 37.9. The van der Waals surface area contributed by atoms with Crippen LogP contribution >= 0.6 is 0 Å². The minimum Gasteiger partial charge on any atom is -0.353 e.